The molecule has 0 heterocycles. The monoisotopic (exact) mass is 295 g/mol. The summed E-state index contributed by atoms with van der Waals surface area (Å²) in [6.07, 6.45) is 20.1. The Bertz CT molecular complexity index is 234. The van der Waals surface area contributed by atoms with E-state index < -0.39 is 0 Å². The highest BCUT2D eigenvalue weighted by Crippen LogP contribution is 2.29. The van der Waals surface area contributed by atoms with Crippen LogP contribution in [-0.4, -0.2) is 12.6 Å². The van der Waals surface area contributed by atoms with Crippen molar-refractivity contribution in [2.75, 3.05) is 6.54 Å². The van der Waals surface area contributed by atoms with E-state index in [1.165, 1.54) is 96.4 Å². The van der Waals surface area contributed by atoms with E-state index >= 15 is 0 Å². The van der Waals surface area contributed by atoms with Crippen molar-refractivity contribution < 1.29 is 0 Å². The standard InChI is InChI=1S/C20H41N/c1-4-6-7-8-9-10-11-12-13-14-17-20(3,5-2)18-21-19-15-16-19/h19,21H,4-18H2,1-3H3. The molecule has 1 aliphatic rings. The molecule has 0 aromatic heterocycles. The molecule has 0 saturated heterocycles. The molecule has 1 N–H and O–H groups in total. The summed E-state index contributed by atoms with van der Waals surface area (Å²) >= 11 is 0. The Kier molecular flexibility index (Phi) is 10.4. The van der Waals surface area contributed by atoms with E-state index in [1.54, 1.807) is 0 Å². The summed E-state index contributed by atoms with van der Waals surface area (Å²) in [6.45, 7) is 8.39. The first-order valence-corrected chi connectivity index (χ1v) is 9.93. The first-order chi connectivity index (χ1) is 10.2. The van der Waals surface area contributed by atoms with E-state index in [1.807, 2.05) is 0 Å². The van der Waals surface area contributed by atoms with Crippen LogP contribution in [0.2, 0.25) is 0 Å². The van der Waals surface area contributed by atoms with Gasteiger partial charge in [-0.05, 0) is 31.1 Å². The topological polar surface area (TPSA) is 12.0 Å². The Balaban J connectivity index is 1.89. The fraction of sp³-hybridized carbons (Fsp3) is 1.00. The average molecular weight is 296 g/mol. The largest absolute Gasteiger partial charge is 0.313 e. The van der Waals surface area contributed by atoms with Gasteiger partial charge in [0.2, 0.25) is 0 Å². The van der Waals surface area contributed by atoms with Gasteiger partial charge in [-0.1, -0.05) is 85.0 Å². The zero-order valence-electron chi connectivity index (χ0n) is 15.2. The summed E-state index contributed by atoms with van der Waals surface area (Å²) in [5, 5.41) is 3.73. The van der Waals surface area contributed by atoms with Crippen molar-refractivity contribution in [3.05, 3.63) is 0 Å². The molecular formula is C20H41N. The minimum absolute atomic E-state index is 0.544. The third kappa shape index (κ3) is 10.3. The Morgan fingerprint density at radius 3 is 1.81 bits per heavy atom. The fourth-order valence-electron chi connectivity index (χ4n) is 3.11. The Morgan fingerprint density at radius 1 is 0.810 bits per heavy atom. The van der Waals surface area contributed by atoms with Crippen molar-refractivity contribution in [1.82, 2.24) is 5.32 Å². The molecule has 1 saturated carbocycles. The van der Waals surface area contributed by atoms with Gasteiger partial charge in [0, 0.05) is 12.6 Å². The molecule has 0 aliphatic heterocycles. The Hall–Kier alpha value is -0.0400. The predicted octanol–water partition coefficient (Wildman–Crippen LogP) is 6.47. The predicted molar refractivity (Wildman–Crippen MR) is 95.9 cm³/mol. The van der Waals surface area contributed by atoms with Crippen LogP contribution >= 0.6 is 0 Å². The summed E-state index contributed by atoms with van der Waals surface area (Å²) in [4.78, 5) is 0. The van der Waals surface area contributed by atoms with Crippen LogP contribution in [0.4, 0.5) is 0 Å². The third-order valence-electron chi connectivity index (χ3n) is 5.38. The van der Waals surface area contributed by atoms with Crippen molar-refractivity contribution in [3.8, 4) is 0 Å². The first-order valence-electron chi connectivity index (χ1n) is 9.93. The lowest BCUT2D eigenvalue weighted by Crippen LogP contribution is -2.32. The molecule has 0 bridgehead atoms. The summed E-state index contributed by atoms with van der Waals surface area (Å²) in [5.74, 6) is 0. The SMILES string of the molecule is CCCCCCCCCCCCC(C)(CC)CNC1CC1. The molecule has 1 atom stereocenters. The Morgan fingerprint density at radius 2 is 1.33 bits per heavy atom. The molecule has 1 nitrogen and oxygen atoms in total. The highest BCUT2D eigenvalue weighted by Gasteiger charge is 2.26. The molecular weight excluding hydrogens is 254 g/mol. The zero-order chi connectivity index (χ0) is 15.4. The second-order valence-electron chi connectivity index (χ2n) is 7.75. The lowest BCUT2D eigenvalue weighted by molar-refractivity contribution is 0.258. The van der Waals surface area contributed by atoms with Crippen LogP contribution in [0.25, 0.3) is 0 Å². The van der Waals surface area contributed by atoms with Crippen LogP contribution in [0.5, 0.6) is 0 Å². The molecule has 1 aliphatic carbocycles. The highest BCUT2D eigenvalue weighted by molar-refractivity contribution is 4.85. The van der Waals surface area contributed by atoms with Crippen LogP contribution in [0.3, 0.4) is 0 Å². The molecule has 0 amide bonds. The average Bonchev–Trinajstić information content (AvgIpc) is 3.31. The molecule has 126 valence electrons. The van der Waals surface area contributed by atoms with Crippen LogP contribution in [0.15, 0.2) is 0 Å². The third-order valence-corrected chi connectivity index (χ3v) is 5.38. The number of nitrogens with one attached hydrogen (secondary N) is 1. The van der Waals surface area contributed by atoms with E-state index in [2.05, 4.69) is 26.1 Å². The van der Waals surface area contributed by atoms with Gasteiger partial charge in [-0.2, -0.15) is 0 Å². The quantitative estimate of drug-likeness (QED) is 0.342. The molecule has 0 aromatic carbocycles. The Labute approximate surface area is 134 Å². The number of unbranched alkanes of at least 4 members (excludes halogenated alkanes) is 9. The van der Waals surface area contributed by atoms with Crippen molar-refractivity contribution in [1.29, 1.82) is 0 Å². The second kappa shape index (κ2) is 11.5. The zero-order valence-corrected chi connectivity index (χ0v) is 15.2. The van der Waals surface area contributed by atoms with Crippen LogP contribution in [-0.2, 0) is 0 Å². The van der Waals surface area contributed by atoms with E-state index in [0.717, 1.165) is 6.04 Å². The molecule has 0 radical (unpaired) electrons. The van der Waals surface area contributed by atoms with Gasteiger partial charge >= 0.3 is 0 Å². The molecule has 21 heavy (non-hydrogen) atoms. The van der Waals surface area contributed by atoms with Crippen LogP contribution < -0.4 is 5.32 Å². The maximum absolute atomic E-state index is 3.73. The normalized spacial score (nSPS) is 17.9. The minimum Gasteiger partial charge on any atom is -0.313 e. The van der Waals surface area contributed by atoms with Crippen LogP contribution in [0, 0.1) is 5.41 Å². The van der Waals surface area contributed by atoms with E-state index in [-0.39, 0.29) is 0 Å². The van der Waals surface area contributed by atoms with Crippen molar-refractivity contribution >= 4 is 0 Å². The molecule has 0 spiro atoms. The molecule has 0 aromatic rings. The van der Waals surface area contributed by atoms with Crippen LogP contribution in [0.1, 0.15) is 111 Å². The number of hydrogen-bond acceptors (Lipinski definition) is 1. The highest BCUT2D eigenvalue weighted by atomic mass is 15.0. The summed E-state index contributed by atoms with van der Waals surface area (Å²) < 4.78 is 0. The lowest BCUT2D eigenvalue weighted by atomic mass is 9.82. The maximum Gasteiger partial charge on any atom is 0.00684 e. The van der Waals surface area contributed by atoms with Gasteiger partial charge < -0.3 is 5.32 Å². The van der Waals surface area contributed by atoms with Crippen molar-refractivity contribution in [2.45, 2.75) is 117 Å². The van der Waals surface area contributed by atoms with Gasteiger partial charge in [-0.3, -0.25) is 0 Å². The second-order valence-corrected chi connectivity index (χ2v) is 7.75. The van der Waals surface area contributed by atoms with Gasteiger partial charge in [-0.25, -0.2) is 0 Å². The first kappa shape index (κ1) is 19.0. The van der Waals surface area contributed by atoms with E-state index in [9.17, 15) is 0 Å². The summed E-state index contributed by atoms with van der Waals surface area (Å²) in [5.41, 5.74) is 0.544. The van der Waals surface area contributed by atoms with Crippen molar-refractivity contribution in [2.24, 2.45) is 5.41 Å². The maximum atomic E-state index is 3.73. The summed E-state index contributed by atoms with van der Waals surface area (Å²) in [7, 11) is 0. The lowest BCUT2D eigenvalue weighted by Gasteiger charge is -2.29. The van der Waals surface area contributed by atoms with Gasteiger partial charge in [0.1, 0.15) is 0 Å². The minimum atomic E-state index is 0.544. The van der Waals surface area contributed by atoms with Gasteiger partial charge in [0.05, 0.1) is 0 Å². The molecule has 1 fully saturated rings. The smallest absolute Gasteiger partial charge is 0.00684 e. The number of hydrogen-bond donors (Lipinski definition) is 1. The summed E-state index contributed by atoms with van der Waals surface area (Å²) in [6, 6.07) is 0.864. The van der Waals surface area contributed by atoms with Gasteiger partial charge in [0.25, 0.3) is 0 Å². The van der Waals surface area contributed by atoms with E-state index in [0.29, 0.717) is 5.41 Å². The fourth-order valence-corrected chi connectivity index (χ4v) is 3.11. The van der Waals surface area contributed by atoms with E-state index in [4.69, 9.17) is 0 Å². The molecule has 1 heteroatoms. The molecule has 1 unspecified atom stereocenters. The van der Waals surface area contributed by atoms with Crippen molar-refractivity contribution in [3.63, 3.8) is 0 Å². The molecule has 1 rings (SSSR count). The van der Waals surface area contributed by atoms with Gasteiger partial charge in [-0.15, -0.1) is 0 Å². The van der Waals surface area contributed by atoms with Gasteiger partial charge in [0.15, 0.2) is 0 Å². The number of rotatable bonds is 15.